The number of ether oxygens (including phenoxy) is 1. The molecule has 0 saturated heterocycles. The average molecular weight is 420 g/mol. The van der Waals surface area contributed by atoms with E-state index in [0.717, 1.165) is 22.9 Å². The molecule has 2 unspecified atom stereocenters. The van der Waals surface area contributed by atoms with E-state index in [4.69, 9.17) is 0 Å². The number of benzene rings is 2. The first-order valence-corrected chi connectivity index (χ1v) is 9.82. The number of aromatic amines is 1. The number of alkyl halides is 2. The number of H-pyrrole nitrogens is 1. The lowest BCUT2D eigenvalue weighted by Gasteiger charge is -2.08. The Kier molecular flexibility index (Phi) is 4.82. The van der Waals surface area contributed by atoms with Crippen LogP contribution in [-0.2, 0) is 0 Å². The Bertz CT molecular complexity index is 1270. The third kappa shape index (κ3) is 4.23. The maximum absolute atomic E-state index is 12.2. The number of hydrogen-bond acceptors (Lipinski definition) is 5. The van der Waals surface area contributed by atoms with Gasteiger partial charge in [-0.25, -0.2) is 9.97 Å². The minimum absolute atomic E-state index is 0.0941. The van der Waals surface area contributed by atoms with Gasteiger partial charge in [-0.1, -0.05) is 6.07 Å². The van der Waals surface area contributed by atoms with Crippen LogP contribution in [-0.4, -0.2) is 21.6 Å². The van der Waals surface area contributed by atoms with Gasteiger partial charge < -0.3 is 15.0 Å². The Balaban J connectivity index is 1.25. The minimum Gasteiger partial charge on any atom is -0.435 e. The van der Waals surface area contributed by atoms with Crippen LogP contribution in [0.15, 0.2) is 71.8 Å². The highest BCUT2D eigenvalue weighted by Crippen LogP contribution is 2.54. The zero-order valence-electron chi connectivity index (χ0n) is 16.3. The summed E-state index contributed by atoms with van der Waals surface area (Å²) in [5.41, 5.74) is 3.71. The van der Waals surface area contributed by atoms with Crippen LogP contribution >= 0.6 is 0 Å². The molecular formula is C23H18F2N4O2. The molecule has 0 radical (unpaired) electrons. The van der Waals surface area contributed by atoms with Gasteiger partial charge in [0.2, 0.25) is 11.5 Å². The van der Waals surface area contributed by atoms with Crippen molar-refractivity contribution in [2.75, 3.05) is 5.32 Å². The summed E-state index contributed by atoms with van der Waals surface area (Å²) in [6, 6.07) is 15.7. The zero-order chi connectivity index (χ0) is 21.4. The van der Waals surface area contributed by atoms with Crippen molar-refractivity contribution in [3.8, 4) is 5.75 Å². The van der Waals surface area contributed by atoms with E-state index in [1.807, 2.05) is 24.5 Å². The molecule has 2 aromatic carbocycles. The fraction of sp³-hybridized carbons (Fsp3) is 0.174. The molecule has 6 nitrogen and oxygen atoms in total. The molecule has 1 fully saturated rings. The quantitative estimate of drug-likeness (QED) is 0.462. The van der Waals surface area contributed by atoms with E-state index in [1.165, 1.54) is 23.8 Å². The number of hydrogen-bond donors (Lipinski definition) is 2. The van der Waals surface area contributed by atoms with Gasteiger partial charge in [0.1, 0.15) is 5.75 Å². The second kappa shape index (κ2) is 7.79. The SMILES string of the molecule is O=c1ccc2cc(C3CC3c3cnc(Nc4ccc(OC(F)F)cc4)nc3)ccc2[nH]1. The first kappa shape index (κ1) is 19.2. The highest BCUT2D eigenvalue weighted by atomic mass is 19.3. The molecule has 2 atom stereocenters. The van der Waals surface area contributed by atoms with Gasteiger partial charge in [-0.05, 0) is 77.2 Å². The molecule has 2 heterocycles. The zero-order valence-corrected chi connectivity index (χ0v) is 16.3. The molecule has 0 amide bonds. The van der Waals surface area contributed by atoms with Crippen LogP contribution in [0.25, 0.3) is 10.9 Å². The molecule has 5 rings (SSSR count). The van der Waals surface area contributed by atoms with E-state index in [0.29, 0.717) is 23.5 Å². The van der Waals surface area contributed by atoms with Gasteiger partial charge in [0.15, 0.2) is 0 Å². The van der Waals surface area contributed by atoms with E-state index in [2.05, 4.69) is 37.1 Å². The molecule has 2 aromatic heterocycles. The van der Waals surface area contributed by atoms with Gasteiger partial charge in [0.25, 0.3) is 0 Å². The lowest BCUT2D eigenvalue weighted by molar-refractivity contribution is -0.0498. The maximum atomic E-state index is 12.2. The van der Waals surface area contributed by atoms with Crippen molar-refractivity contribution in [2.24, 2.45) is 0 Å². The Labute approximate surface area is 175 Å². The van der Waals surface area contributed by atoms with Gasteiger partial charge in [-0.15, -0.1) is 0 Å². The third-order valence-corrected chi connectivity index (χ3v) is 5.40. The third-order valence-electron chi connectivity index (χ3n) is 5.40. The monoisotopic (exact) mass is 420 g/mol. The Morgan fingerprint density at radius 2 is 1.71 bits per heavy atom. The summed E-state index contributed by atoms with van der Waals surface area (Å²) < 4.78 is 28.8. The van der Waals surface area contributed by atoms with E-state index in [-0.39, 0.29) is 11.3 Å². The van der Waals surface area contributed by atoms with Gasteiger partial charge in [-0.2, -0.15) is 8.78 Å². The van der Waals surface area contributed by atoms with Crippen LogP contribution in [0.2, 0.25) is 0 Å². The Hall–Kier alpha value is -3.81. The maximum Gasteiger partial charge on any atom is 0.387 e. The average Bonchev–Trinajstić information content (AvgIpc) is 3.56. The number of halogens is 2. The number of nitrogens with zero attached hydrogens (tertiary/aromatic N) is 2. The molecule has 31 heavy (non-hydrogen) atoms. The summed E-state index contributed by atoms with van der Waals surface area (Å²) in [5.74, 6) is 1.29. The topological polar surface area (TPSA) is 79.9 Å². The summed E-state index contributed by atoms with van der Waals surface area (Å²) >= 11 is 0. The van der Waals surface area contributed by atoms with Crippen LogP contribution in [0, 0.1) is 0 Å². The normalized spacial score (nSPS) is 17.6. The van der Waals surface area contributed by atoms with Crippen molar-refractivity contribution < 1.29 is 13.5 Å². The number of fused-ring (bicyclic) bond motifs is 1. The minimum atomic E-state index is -2.85. The van der Waals surface area contributed by atoms with Crippen LogP contribution in [0.3, 0.4) is 0 Å². The van der Waals surface area contributed by atoms with Crippen LogP contribution in [0.1, 0.15) is 29.4 Å². The lowest BCUT2D eigenvalue weighted by atomic mass is 10.0. The number of nitrogens with one attached hydrogen (secondary N) is 2. The second-order valence-corrected chi connectivity index (χ2v) is 7.49. The number of anilines is 2. The predicted octanol–water partition coefficient (Wildman–Crippen LogP) is 4.93. The predicted molar refractivity (Wildman–Crippen MR) is 113 cm³/mol. The van der Waals surface area contributed by atoms with Crippen molar-refractivity contribution in [3.63, 3.8) is 0 Å². The molecule has 0 bridgehead atoms. The van der Waals surface area contributed by atoms with Crippen molar-refractivity contribution in [1.82, 2.24) is 15.0 Å². The summed E-state index contributed by atoms with van der Waals surface area (Å²) in [6.45, 7) is -2.85. The number of pyridine rings is 1. The smallest absolute Gasteiger partial charge is 0.387 e. The molecule has 2 N–H and O–H groups in total. The summed E-state index contributed by atoms with van der Waals surface area (Å²) in [6.07, 6.45) is 4.65. The van der Waals surface area contributed by atoms with E-state index in [1.54, 1.807) is 12.1 Å². The van der Waals surface area contributed by atoms with Gasteiger partial charge in [0.05, 0.1) is 0 Å². The van der Waals surface area contributed by atoms with Crippen LogP contribution in [0.5, 0.6) is 5.75 Å². The van der Waals surface area contributed by atoms with Crippen LogP contribution in [0.4, 0.5) is 20.4 Å². The highest BCUT2D eigenvalue weighted by molar-refractivity contribution is 5.79. The van der Waals surface area contributed by atoms with Gasteiger partial charge in [-0.3, -0.25) is 4.79 Å². The first-order chi connectivity index (χ1) is 15.0. The standard InChI is InChI=1S/C23H18F2N4O2/c24-22(25)31-17-5-3-16(4-6-17)28-23-26-11-15(12-27-23)19-10-18(19)13-1-7-20-14(9-13)2-8-21(30)29-20/h1-9,11-12,18-19,22H,10H2,(H,29,30)(H,26,27,28). The number of rotatable bonds is 6. The Morgan fingerprint density at radius 3 is 2.45 bits per heavy atom. The molecule has 0 spiro atoms. The largest absolute Gasteiger partial charge is 0.435 e. The second-order valence-electron chi connectivity index (χ2n) is 7.49. The molecule has 1 aliphatic rings. The van der Waals surface area contributed by atoms with Gasteiger partial charge in [0, 0.05) is 29.7 Å². The Morgan fingerprint density at radius 1 is 0.968 bits per heavy atom. The molecule has 0 aliphatic heterocycles. The molecule has 1 saturated carbocycles. The van der Waals surface area contributed by atoms with E-state index in [9.17, 15) is 13.6 Å². The fourth-order valence-corrected chi connectivity index (χ4v) is 3.78. The lowest BCUT2D eigenvalue weighted by Crippen LogP contribution is -2.02. The summed E-state index contributed by atoms with van der Waals surface area (Å²) in [7, 11) is 0. The summed E-state index contributed by atoms with van der Waals surface area (Å²) in [4.78, 5) is 23.0. The number of aromatic nitrogens is 3. The van der Waals surface area contributed by atoms with Crippen molar-refractivity contribution >= 4 is 22.5 Å². The molecule has 156 valence electrons. The fourth-order valence-electron chi connectivity index (χ4n) is 3.78. The summed E-state index contributed by atoms with van der Waals surface area (Å²) in [5, 5.41) is 4.06. The van der Waals surface area contributed by atoms with Crippen molar-refractivity contribution in [3.05, 3.63) is 88.5 Å². The molecule has 4 aromatic rings. The molecule has 1 aliphatic carbocycles. The van der Waals surface area contributed by atoms with Gasteiger partial charge >= 0.3 is 6.61 Å². The van der Waals surface area contributed by atoms with E-state index >= 15 is 0 Å². The highest BCUT2D eigenvalue weighted by Gasteiger charge is 2.40. The van der Waals surface area contributed by atoms with Crippen molar-refractivity contribution in [1.29, 1.82) is 0 Å². The molecule has 8 heteroatoms. The van der Waals surface area contributed by atoms with Crippen molar-refractivity contribution in [2.45, 2.75) is 24.9 Å². The first-order valence-electron chi connectivity index (χ1n) is 9.82. The van der Waals surface area contributed by atoms with Crippen LogP contribution < -0.4 is 15.6 Å². The van der Waals surface area contributed by atoms with E-state index < -0.39 is 6.61 Å². The molecular weight excluding hydrogens is 402 g/mol.